The van der Waals surface area contributed by atoms with Gasteiger partial charge < -0.3 is 5.32 Å². The molecule has 6 heteroatoms. The number of pyridine rings is 1. The Morgan fingerprint density at radius 2 is 2.00 bits per heavy atom. The second kappa shape index (κ2) is 7.33. The molecule has 1 fully saturated rings. The summed E-state index contributed by atoms with van der Waals surface area (Å²) in [4.78, 5) is 4.17. The molecule has 1 aromatic heterocycles. The Bertz CT molecular complexity index is 537. The van der Waals surface area contributed by atoms with Gasteiger partial charge in [0.15, 0.2) is 5.03 Å². The van der Waals surface area contributed by atoms with Gasteiger partial charge in [-0.3, -0.25) is 0 Å². The molecule has 1 N–H and O–H groups in total. The summed E-state index contributed by atoms with van der Waals surface area (Å²) in [5.74, 6) is 0. The average molecular weight is 311 g/mol. The van der Waals surface area contributed by atoms with Crippen molar-refractivity contribution in [3.8, 4) is 0 Å². The summed E-state index contributed by atoms with van der Waals surface area (Å²) < 4.78 is 27.1. The highest BCUT2D eigenvalue weighted by molar-refractivity contribution is 7.89. The fourth-order valence-corrected chi connectivity index (χ4v) is 4.48. The van der Waals surface area contributed by atoms with Gasteiger partial charge in [-0.25, -0.2) is 13.4 Å². The van der Waals surface area contributed by atoms with Crippen LogP contribution in [0.15, 0.2) is 23.4 Å². The minimum atomic E-state index is -3.47. The molecule has 0 aliphatic heterocycles. The summed E-state index contributed by atoms with van der Waals surface area (Å²) in [6.45, 7) is 6.03. The van der Waals surface area contributed by atoms with Crippen LogP contribution in [0.3, 0.4) is 0 Å². The number of nitrogens with zero attached hydrogens (tertiary/aromatic N) is 2. The third-order valence-electron chi connectivity index (χ3n) is 3.99. The molecule has 0 unspecified atom stereocenters. The highest BCUT2D eigenvalue weighted by atomic mass is 32.2. The first kappa shape index (κ1) is 16.4. The van der Waals surface area contributed by atoms with Gasteiger partial charge in [-0.15, -0.1) is 0 Å². The van der Waals surface area contributed by atoms with Crippen LogP contribution in [-0.2, 0) is 16.6 Å². The number of hydrogen-bond donors (Lipinski definition) is 1. The van der Waals surface area contributed by atoms with Crippen LogP contribution in [0.5, 0.6) is 0 Å². The van der Waals surface area contributed by atoms with Crippen LogP contribution in [0.2, 0.25) is 0 Å². The SMILES string of the molecule is CCNCc1ccc(S(=O)(=O)N(CC)C2CCCC2)nc1. The molecule has 1 aliphatic rings. The van der Waals surface area contributed by atoms with Gasteiger partial charge in [0.05, 0.1) is 0 Å². The van der Waals surface area contributed by atoms with E-state index in [-0.39, 0.29) is 11.1 Å². The highest BCUT2D eigenvalue weighted by Gasteiger charge is 2.32. The quantitative estimate of drug-likeness (QED) is 0.838. The number of sulfonamides is 1. The molecule has 21 heavy (non-hydrogen) atoms. The van der Waals surface area contributed by atoms with Gasteiger partial charge in [0.25, 0.3) is 10.0 Å². The first-order valence-corrected chi connectivity index (χ1v) is 9.21. The first-order chi connectivity index (χ1) is 10.1. The van der Waals surface area contributed by atoms with Crippen molar-refractivity contribution in [2.45, 2.75) is 57.1 Å². The third-order valence-corrected chi connectivity index (χ3v) is 5.94. The number of rotatable bonds is 7. The van der Waals surface area contributed by atoms with Crippen molar-refractivity contribution in [1.82, 2.24) is 14.6 Å². The van der Waals surface area contributed by atoms with Crippen LogP contribution in [0, 0.1) is 0 Å². The van der Waals surface area contributed by atoms with Gasteiger partial charge in [-0.1, -0.05) is 32.8 Å². The monoisotopic (exact) mass is 311 g/mol. The molecule has 5 nitrogen and oxygen atoms in total. The van der Waals surface area contributed by atoms with E-state index in [1.54, 1.807) is 16.6 Å². The summed E-state index contributed by atoms with van der Waals surface area (Å²) in [5, 5.41) is 3.36. The summed E-state index contributed by atoms with van der Waals surface area (Å²) in [6, 6.07) is 3.60. The molecule has 1 heterocycles. The van der Waals surface area contributed by atoms with Crippen LogP contribution in [-0.4, -0.2) is 36.8 Å². The zero-order valence-corrected chi connectivity index (χ0v) is 13.7. The van der Waals surface area contributed by atoms with Crippen LogP contribution in [0.25, 0.3) is 0 Å². The third kappa shape index (κ3) is 3.81. The van der Waals surface area contributed by atoms with E-state index in [1.165, 1.54) is 0 Å². The predicted octanol–water partition coefficient (Wildman–Crippen LogP) is 2.14. The Morgan fingerprint density at radius 1 is 1.29 bits per heavy atom. The molecule has 1 aliphatic carbocycles. The van der Waals surface area contributed by atoms with Gasteiger partial charge in [-0.05, 0) is 31.0 Å². The Labute approximate surface area is 127 Å². The van der Waals surface area contributed by atoms with Crippen LogP contribution in [0.4, 0.5) is 0 Å². The van der Waals surface area contributed by atoms with Gasteiger partial charge in [-0.2, -0.15) is 4.31 Å². The number of aromatic nitrogens is 1. The van der Waals surface area contributed by atoms with Crippen molar-refractivity contribution in [2.24, 2.45) is 0 Å². The Balaban J connectivity index is 2.17. The molecule has 2 rings (SSSR count). The fraction of sp³-hybridized carbons (Fsp3) is 0.667. The number of nitrogens with one attached hydrogen (secondary N) is 1. The molecular weight excluding hydrogens is 286 g/mol. The second-order valence-corrected chi connectivity index (χ2v) is 7.27. The lowest BCUT2D eigenvalue weighted by Crippen LogP contribution is -2.38. The molecule has 0 spiro atoms. The Kier molecular flexibility index (Phi) is 5.72. The van der Waals surface area contributed by atoms with Crippen molar-refractivity contribution in [1.29, 1.82) is 0 Å². The molecule has 0 amide bonds. The van der Waals surface area contributed by atoms with Crippen LogP contribution < -0.4 is 5.32 Å². The van der Waals surface area contributed by atoms with Gasteiger partial charge >= 0.3 is 0 Å². The summed E-state index contributed by atoms with van der Waals surface area (Å²) in [7, 11) is -3.47. The second-order valence-electron chi connectivity index (χ2n) is 5.43. The average Bonchev–Trinajstić information content (AvgIpc) is 3.00. The first-order valence-electron chi connectivity index (χ1n) is 7.77. The molecule has 0 atom stereocenters. The van der Waals surface area contributed by atoms with Crippen molar-refractivity contribution >= 4 is 10.0 Å². The van der Waals surface area contributed by atoms with E-state index in [0.29, 0.717) is 13.1 Å². The largest absolute Gasteiger partial charge is 0.313 e. The van der Waals surface area contributed by atoms with Crippen molar-refractivity contribution in [2.75, 3.05) is 13.1 Å². The van der Waals surface area contributed by atoms with Crippen LogP contribution in [0.1, 0.15) is 45.1 Å². The molecule has 0 radical (unpaired) electrons. The minimum absolute atomic E-state index is 0.142. The summed E-state index contributed by atoms with van der Waals surface area (Å²) in [5.41, 5.74) is 1.000. The molecule has 0 aromatic carbocycles. The van der Waals surface area contributed by atoms with Crippen LogP contribution >= 0.6 is 0 Å². The topological polar surface area (TPSA) is 62.3 Å². The fourth-order valence-electron chi connectivity index (χ4n) is 2.87. The maximum Gasteiger partial charge on any atom is 0.260 e. The van der Waals surface area contributed by atoms with Crippen molar-refractivity contribution in [3.05, 3.63) is 23.9 Å². The lowest BCUT2D eigenvalue weighted by atomic mass is 10.2. The van der Waals surface area contributed by atoms with Gasteiger partial charge in [0.1, 0.15) is 0 Å². The Morgan fingerprint density at radius 3 is 2.52 bits per heavy atom. The van der Waals surface area contributed by atoms with E-state index in [1.807, 2.05) is 19.9 Å². The maximum absolute atomic E-state index is 12.7. The van der Waals surface area contributed by atoms with Gasteiger partial charge in [0, 0.05) is 25.3 Å². The van der Waals surface area contributed by atoms with E-state index in [2.05, 4.69) is 10.3 Å². The lowest BCUT2D eigenvalue weighted by molar-refractivity contribution is 0.334. The van der Waals surface area contributed by atoms with E-state index >= 15 is 0 Å². The van der Waals surface area contributed by atoms with E-state index in [9.17, 15) is 8.42 Å². The molecule has 1 saturated carbocycles. The molecule has 0 bridgehead atoms. The predicted molar refractivity (Wildman–Crippen MR) is 83.4 cm³/mol. The lowest BCUT2D eigenvalue weighted by Gasteiger charge is -2.26. The number of hydrogen-bond acceptors (Lipinski definition) is 4. The molecule has 118 valence electrons. The van der Waals surface area contributed by atoms with Crippen molar-refractivity contribution < 1.29 is 8.42 Å². The van der Waals surface area contributed by atoms with E-state index in [0.717, 1.165) is 37.8 Å². The van der Waals surface area contributed by atoms with E-state index < -0.39 is 10.0 Å². The minimum Gasteiger partial charge on any atom is -0.313 e. The van der Waals surface area contributed by atoms with Gasteiger partial charge in [0.2, 0.25) is 0 Å². The maximum atomic E-state index is 12.7. The molecular formula is C15H25N3O2S. The van der Waals surface area contributed by atoms with E-state index in [4.69, 9.17) is 0 Å². The zero-order chi connectivity index (χ0) is 15.3. The highest BCUT2D eigenvalue weighted by Crippen LogP contribution is 2.27. The summed E-state index contributed by atoms with van der Waals surface area (Å²) in [6.07, 6.45) is 5.81. The summed E-state index contributed by atoms with van der Waals surface area (Å²) >= 11 is 0. The smallest absolute Gasteiger partial charge is 0.260 e. The van der Waals surface area contributed by atoms with Crippen molar-refractivity contribution in [3.63, 3.8) is 0 Å². The normalized spacial score (nSPS) is 16.7. The zero-order valence-electron chi connectivity index (χ0n) is 12.9. The standard InChI is InChI=1S/C15H25N3O2S/c1-3-16-11-13-9-10-15(17-12-13)21(19,20)18(4-2)14-7-5-6-8-14/h9-10,12,14,16H,3-8,11H2,1-2H3. The molecule has 0 saturated heterocycles. The molecule has 1 aromatic rings. The Hall–Kier alpha value is -0.980.